The molecule has 0 radical (unpaired) electrons. The van der Waals surface area contributed by atoms with E-state index in [0.717, 1.165) is 15.0 Å². The molecule has 2 aromatic rings. The molecule has 0 spiro atoms. The molecule has 1 aromatic heterocycles. The zero-order chi connectivity index (χ0) is 14.7. The van der Waals surface area contributed by atoms with Crippen molar-refractivity contribution in [3.8, 4) is 5.75 Å². The number of aliphatic hydroxyl groups is 1. The number of thiophene rings is 1. The second-order valence-electron chi connectivity index (χ2n) is 3.89. The van der Waals surface area contributed by atoms with Gasteiger partial charge in [-0.25, -0.2) is 4.79 Å². The third-order valence-corrected chi connectivity index (χ3v) is 4.63. The van der Waals surface area contributed by atoms with Gasteiger partial charge < -0.3 is 14.6 Å². The molecule has 0 unspecified atom stereocenters. The molecule has 1 aromatic carbocycles. The van der Waals surface area contributed by atoms with Gasteiger partial charge in [-0.2, -0.15) is 0 Å². The first-order chi connectivity index (χ1) is 9.56. The standard InChI is InChI=1S/C13H12Cl2O4S/c1-2-18-10(17)6-19-9-4-7-3-8(5-16)20-13(7)12(15)11(9)14/h3-4,16H,2,5-6H2,1H3. The normalized spacial score (nSPS) is 10.8. The van der Waals surface area contributed by atoms with Crippen LogP contribution in [0.25, 0.3) is 10.1 Å². The van der Waals surface area contributed by atoms with Crippen LogP contribution in [-0.2, 0) is 16.1 Å². The number of ether oxygens (including phenoxy) is 2. The van der Waals surface area contributed by atoms with Gasteiger partial charge in [0.05, 0.1) is 22.9 Å². The Balaban J connectivity index is 2.29. The van der Waals surface area contributed by atoms with Crippen molar-refractivity contribution in [3.63, 3.8) is 0 Å². The fourth-order valence-corrected chi connectivity index (χ4v) is 3.19. The minimum absolute atomic E-state index is 0.0632. The average molecular weight is 335 g/mol. The van der Waals surface area contributed by atoms with Crippen LogP contribution < -0.4 is 4.74 Å². The number of rotatable bonds is 5. The maximum absolute atomic E-state index is 11.3. The number of hydrogen-bond acceptors (Lipinski definition) is 5. The molecule has 0 aliphatic heterocycles. The number of carbonyl (C=O) groups excluding carboxylic acids is 1. The summed E-state index contributed by atoms with van der Waals surface area (Å²) in [6.45, 7) is 1.72. The van der Waals surface area contributed by atoms with E-state index in [1.54, 1.807) is 19.1 Å². The van der Waals surface area contributed by atoms with Gasteiger partial charge in [-0.15, -0.1) is 11.3 Å². The van der Waals surface area contributed by atoms with Crippen LogP contribution in [0.2, 0.25) is 10.0 Å². The van der Waals surface area contributed by atoms with Crippen LogP contribution in [0.5, 0.6) is 5.75 Å². The second-order valence-corrected chi connectivity index (χ2v) is 5.78. The van der Waals surface area contributed by atoms with E-state index in [1.807, 2.05) is 0 Å². The second kappa shape index (κ2) is 6.63. The number of esters is 1. The molecule has 0 amide bonds. The van der Waals surface area contributed by atoms with E-state index in [4.69, 9.17) is 37.8 Å². The van der Waals surface area contributed by atoms with Crippen LogP contribution in [0, 0.1) is 0 Å². The maximum Gasteiger partial charge on any atom is 0.344 e. The van der Waals surface area contributed by atoms with Gasteiger partial charge in [-0.05, 0) is 24.4 Å². The number of carbonyl (C=O) groups is 1. The summed E-state index contributed by atoms with van der Waals surface area (Å²) < 4.78 is 10.9. The molecule has 4 nitrogen and oxygen atoms in total. The van der Waals surface area contributed by atoms with Crippen molar-refractivity contribution in [2.45, 2.75) is 13.5 Å². The minimum atomic E-state index is -0.471. The van der Waals surface area contributed by atoms with Gasteiger partial charge in [0.15, 0.2) is 6.61 Å². The molecule has 2 rings (SSSR count). The average Bonchev–Trinajstić information content (AvgIpc) is 2.85. The molecule has 1 N–H and O–H groups in total. The lowest BCUT2D eigenvalue weighted by Gasteiger charge is -2.09. The van der Waals surface area contributed by atoms with Gasteiger partial charge in [0, 0.05) is 4.88 Å². The van der Waals surface area contributed by atoms with Crippen molar-refractivity contribution in [1.82, 2.24) is 0 Å². The molecule has 0 aliphatic carbocycles. The number of fused-ring (bicyclic) bond motifs is 1. The largest absolute Gasteiger partial charge is 0.480 e. The third-order valence-electron chi connectivity index (χ3n) is 2.51. The van der Waals surface area contributed by atoms with Crippen molar-refractivity contribution in [2.24, 2.45) is 0 Å². The summed E-state index contributed by atoms with van der Waals surface area (Å²) in [6, 6.07) is 3.50. The van der Waals surface area contributed by atoms with Crippen molar-refractivity contribution in [2.75, 3.05) is 13.2 Å². The number of benzene rings is 1. The van der Waals surface area contributed by atoms with Gasteiger partial charge in [0.2, 0.25) is 0 Å². The molecular formula is C13H12Cl2O4S. The molecule has 1 heterocycles. The molecular weight excluding hydrogens is 323 g/mol. The zero-order valence-electron chi connectivity index (χ0n) is 10.6. The number of hydrogen-bond donors (Lipinski definition) is 1. The van der Waals surface area contributed by atoms with Gasteiger partial charge in [0.25, 0.3) is 0 Å². The Morgan fingerprint density at radius 3 is 2.75 bits per heavy atom. The quantitative estimate of drug-likeness (QED) is 0.848. The maximum atomic E-state index is 11.3. The molecule has 20 heavy (non-hydrogen) atoms. The van der Waals surface area contributed by atoms with E-state index in [9.17, 15) is 4.79 Å². The van der Waals surface area contributed by atoms with Crippen molar-refractivity contribution < 1.29 is 19.4 Å². The molecule has 108 valence electrons. The summed E-state index contributed by atoms with van der Waals surface area (Å²) in [5.74, 6) is -0.152. The first kappa shape index (κ1) is 15.4. The predicted molar refractivity (Wildman–Crippen MR) is 79.9 cm³/mol. The van der Waals surface area contributed by atoms with E-state index in [-0.39, 0.29) is 18.2 Å². The molecule has 0 saturated heterocycles. The summed E-state index contributed by atoms with van der Waals surface area (Å²) in [5.41, 5.74) is 0. The summed E-state index contributed by atoms with van der Waals surface area (Å²) in [4.78, 5) is 12.1. The van der Waals surface area contributed by atoms with Crippen molar-refractivity contribution >= 4 is 50.6 Å². The number of halogens is 2. The van der Waals surface area contributed by atoms with Gasteiger partial charge in [-0.3, -0.25) is 0 Å². The molecule has 0 saturated carbocycles. The Morgan fingerprint density at radius 2 is 2.10 bits per heavy atom. The first-order valence-electron chi connectivity index (χ1n) is 5.86. The summed E-state index contributed by atoms with van der Waals surface area (Å²) in [6.07, 6.45) is 0. The molecule has 7 heteroatoms. The van der Waals surface area contributed by atoms with Crippen LogP contribution in [0.3, 0.4) is 0 Å². The highest BCUT2D eigenvalue weighted by molar-refractivity contribution is 7.19. The van der Waals surface area contributed by atoms with Crippen molar-refractivity contribution in [1.29, 1.82) is 0 Å². The molecule has 0 aliphatic rings. The minimum Gasteiger partial charge on any atom is -0.480 e. The third kappa shape index (κ3) is 3.17. The Morgan fingerprint density at radius 1 is 1.35 bits per heavy atom. The highest BCUT2D eigenvalue weighted by Crippen LogP contribution is 2.42. The van der Waals surface area contributed by atoms with E-state index in [1.165, 1.54) is 11.3 Å². The van der Waals surface area contributed by atoms with Crippen LogP contribution in [0.4, 0.5) is 0 Å². The monoisotopic (exact) mass is 334 g/mol. The Labute approximate surface area is 129 Å². The SMILES string of the molecule is CCOC(=O)COc1cc2cc(CO)sc2c(Cl)c1Cl. The van der Waals surface area contributed by atoms with Crippen LogP contribution >= 0.6 is 34.5 Å². The lowest BCUT2D eigenvalue weighted by Crippen LogP contribution is -2.14. The highest BCUT2D eigenvalue weighted by Gasteiger charge is 2.15. The Kier molecular flexibility index (Phi) is 5.10. The highest BCUT2D eigenvalue weighted by atomic mass is 35.5. The fraction of sp³-hybridized carbons (Fsp3) is 0.308. The predicted octanol–water partition coefficient (Wildman–Crippen LogP) is 3.64. The fourth-order valence-electron chi connectivity index (χ4n) is 1.67. The van der Waals surface area contributed by atoms with E-state index >= 15 is 0 Å². The van der Waals surface area contributed by atoms with E-state index in [0.29, 0.717) is 17.4 Å². The van der Waals surface area contributed by atoms with Crippen LogP contribution in [0.15, 0.2) is 12.1 Å². The topological polar surface area (TPSA) is 55.8 Å². The first-order valence-corrected chi connectivity index (χ1v) is 7.43. The zero-order valence-corrected chi connectivity index (χ0v) is 12.9. The van der Waals surface area contributed by atoms with E-state index in [2.05, 4.69) is 0 Å². The lowest BCUT2D eigenvalue weighted by atomic mass is 10.2. The summed E-state index contributed by atoms with van der Waals surface area (Å²) in [7, 11) is 0. The smallest absolute Gasteiger partial charge is 0.344 e. The van der Waals surface area contributed by atoms with Crippen LogP contribution in [0.1, 0.15) is 11.8 Å². The van der Waals surface area contributed by atoms with Gasteiger partial charge >= 0.3 is 5.97 Å². The summed E-state index contributed by atoms with van der Waals surface area (Å²) >= 11 is 13.7. The van der Waals surface area contributed by atoms with Gasteiger partial charge in [-0.1, -0.05) is 23.2 Å². The van der Waals surface area contributed by atoms with Crippen molar-refractivity contribution in [3.05, 3.63) is 27.1 Å². The number of aliphatic hydroxyl groups excluding tert-OH is 1. The molecule has 0 bridgehead atoms. The van der Waals surface area contributed by atoms with Gasteiger partial charge in [0.1, 0.15) is 10.8 Å². The molecule has 0 fully saturated rings. The Hall–Kier alpha value is -1.01. The molecule has 0 atom stereocenters. The lowest BCUT2D eigenvalue weighted by molar-refractivity contribution is -0.145. The summed E-state index contributed by atoms with van der Waals surface area (Å²) in [5, 5.41) is 10.6. The van der Waals surface area contributed by atoms with E-state index < -0.39 is 5.97 Å². The Bertz CT molecular complexity index is 639. The van der Waals surface area contributed by atoms with Crippen LogP contribution in [-0.4, -0.2) is 24.3 Å².